The monoisotopic (exact) mass is 523 g/mol. The fourth-order valence-corrected chi connectivity index (χ4v) is 5.27. The van der Waals surface area contributed by atoms with Crippen LogP contribution in [0.3, 0.4) is 0 Å². The zero-order valence-electron chi connectivity index (χ0n) is 19.9. The molecule has 1 saturated carbocycles. The summed E-state index contributed by atoms with van der Waals surface area (Å²) in [6.07, 6.45) is 5.25. The molecule has 3 rings (SSSR count). The first kappa shape index (κ1) is 26.9. The number of carbonyl (C=O) groups excluding carboxylic acids is 2. The summed E-state index contributed by atoms with van der Waals surface area (Å²) in [4.78, 5) is 28.2. The van der Waals surface area contributed by atoms with Crippen molar-refractivity contribution in [2.75, 3.05) is 17.1 Å². The second kappa shape index (κ2) is 11.9. The van der Waals surface area contributed by atoms with E-state index in [9.17, 15) is 22.4 Å². The average Bonchev–Trinajstić information content (AvgIpc) is 3.31. The maximum atomic E-state index is 13.6. The second-order valence-corrected chi connectivity index (χ2v) is 11.2. The van der Waals surface area contributed by atoms with Gasteiger partial charge in [0.2, 0.25) is 21.8 Å². The molecule has 0 heterocycles. The molecule has 2 amide bonds. The van der Waals surface area contributed by atoms with Crippen LogP contribution in [0, 0.1) is 5.82 Å². The Hall–Kier alpha value is -2.65. The molecule has 1 atom stereocenters. The number of hydrogen-bond donors (Lipinski definition) is 1. The van der Waals surface area contributed by atoms with Gasteiger partial charge in [-0.1, -0.05) is 43.5 Å². The van der Waals surface area contributed by atoms with Crippen molar-refractivity contribution in [1.82, 2.24) is 10.2 Å². The van der Waals surface area contributed by atoms with Crippen LogP contribution in [0.1, 0.15) is 44.6 Å². The first-order valence-corrected chi connectivity index (χ1v) is 13.9. The van der Waals surface area contributed by atoms with E-state index in [1.165, 1.54) is 17.0 Å². The van der Waals surface area contributed by atoms with Crippen LogP contribution in [0.25, 0.3) is 0 Å². The van der Waals surface area contributed by atoms with Gasteiger partial charge in [-0.05, 0) is 61.2 Å². The molecule has 2 aromatic rings. The Kier molecular flexibility index (Phi) is 9.13. The number of nitrogens with zero attached hydrogens (tertiary/aromatic N) is 2. The highest BCUT2D eigenvalue weighted by molar-refractivity contribution is 7.92. The Morgan fingerprint density at radius 3 is 2.23 bits per heavy atom. The number of carbonyl (C=O) groups is 2. The highest BCUT2D eigenvalue weighted by atomic mass is 35.5. The normalized spacial score (nSPS) is 15.0. The number of halogens is 2. The fourth-order valence-electron chi connectivity index (χ4n) is 4.29. The summed E-state index contributed by atoms with van der Waals surface area (Å²) >= 11 is 6.00. The molecule has 35 heavy (non-hydrogen) atoms. The minimum absolute atomic E-state index is 0.0794. The predicted molar refractivity (Wildman–Crippen MR) is 135 cm³/mol. The van der Waals surface area contributed by atoms with E-state index in [4.69, 9.17) is 11.6 Å². The first-order valence-electron chi connectivity index (χ1n) is 11.7. The highest BCUT2D eigenvalue weighted by Crippen LogP contribution is 2.22. The molecule has 0 saturated heterocycles. The van der Waals surface area contributed by atoms with Crippen LogP contribution < -0.4 is 9.62 Å². The average molecular weight is 524 g/mol. The van der Waals surface area contributed by atoms with Crippen molar-refractivity contribution in [3.05, 3.63) is 64.9 Å². The third-order valence-electron chi connectivity index (χ3n) is 6.15. The molecule has 0 radical (unpaired) electrons. The summed E-state index contributed by atoms with van der Waals surface area (Å²) in [7, 11) is -3.86. The highest BCUT2D eigenvalue weighted by Gasteiger charge is 2.33. The number of anilines is 1. The topological polar surface area (TPSA) is 86.8 Å². The van der Waals surface area contributed by atoms with Gasteiger partial charge in [0, 0.05) is 17.6 Å². The molecule has 0 bridgehead atoms. The molecule has 0 spiro atoms. The molecule has 0 aromatic heterocycles. The van der Waals surface area contributed by atoms with Gasteiger partial charge in [-0.15, -0.1) is 0 Å². The van der Waals surface area contributed by atoms with E-state index in [1.807, 2.05) is 6.92 Å². The summed E-state index contributed by atoms with van der Waals surface area (Å²) in [6, 6.07) is 11.1. The summed E-state index contributed by atoms with van der Waals surface area (Å²) in [6.45, 7) is 1.40. The SMILES string of the molecule is CC[C@H](C(=O)NC1CCCC1)N(Cc1ccc(Cl)cc1)C(=O)CN(c1ccc(F)cc1)S(C)(=O)=O. The molecule has 10 heteroatoms. The van der Waals surface area contributed by atoms with Gasteiger partial charge in [-0.3, -0.25) is 13.9 Å². The lowest BCUT2D eigenvalue weighted by molar-refractivity contribution is -0.140. The van der Waals surface area contributed by atoms with Gasteiger partial charge >= 0.3 is 0 Å². The third-order valence-corrected chi connectivity index (χ3v) is 7.54. The summed E-state index contributed by atoms with van der Waals surface area (Å²) in [5.41, 5.74) is 0.916. The van der Waals surface area contributed by atoms with Crippen LogP contribution >= 0.6 is 11.6 Å². The number of sulfonamides is 1. The van der Waals surface area contributed by atoms with Crippen molar-refractivity contribution in [3.63, 3.8) is 0 Å². The number of benzene rings is 2. The van der Waals surface area contributed by atoms with Gasteiger partial charge in [-0.25, -0.2) is 12.8 Å². The lowest BCUT2D eigenvalue weighted by atomic mass is 10.1. The largest absolute Gasteiger partial charge is 0.352 e. The van der Waals surface area contributed by atoms with Crippen molar-refractivity contribution >= 4 is 39.1 Å². The van der Waals surface area contributed by atoms with Crippen LogP contribution in [0.2, 0.25) is 5.02 Å². The summed E-state index contributed by atoms with van der Waals surface area (Å²) < 4.78 is 39.4. The molecule has 1 aliphatic carbocycles. The number of hydrogen-bond acceptors (Lipinski definition) is 4. The Morgan fingerprint density at radius 2 is 1.69 bits per heavy atom. The molecule has 0 aliphatic heterocycles. The van der Waals surface area contributed by atoms with Gasteiger partial charge in [0.25, 0.3) is 0 Å². The molecule has 190 valence electrons. The van der Waals surface area contributed by atoms with Gasteiger partial charge in [-0.2, -0.15) is 0 Å². The lowest BCUT2D eigenvalue weighted by Gasteiger charge is -2.33. The quantitative estimate of drug-likeness (QED) is 0.507. The summed E-state index contributed by atoms with van der Waals surface area (Å²) in [5, 5.41) is 3.59. The molecule has 1 fully saturated rings. The Balaban J connectivity index is 1.90. The Bertz CT molecular complexity index is 1120. The van der Waals surface area contributed by atoms with Crippen LogP contribution in [0.4, 0.5) is 10.1 Å². The standard InChI is InChI=1S/C25H31ClFN3O4S/c1-3-23(25(32)28-21-6-4-5-7-21)29(16-18-8-10-19(26)11-9-18)24(31)17-30(35(2,33)34)22-14-12-20(27)13-15-22/h8-15,21,23H,3-7,16-17H2,1-2H3,(H,28,32)/t23-/m1/s1. The second-order valence-electron chi connectivity index (χ2n) is 8.81. The number of nitrogens with one attached hydrogen (secondary N) is 1. The van der Waals surface area contributed by atoms with E-state index in [0.29, 0.717) is 11.4 Å². The fraction of sp³-hybridized carbons (Fsp3) is 0.440. The van der Waals surface area contributed by atoms with E-state index in [2.05, 4.69) is 5.32 Å². The van der Waals surface area contributed by atoms with Crippen molar-refractivity contribution in [2.24, 2.45) is 0 Å². The summed E-state index contributed by atoms with van der Waals surface area (Å²) in [5.74, 6) is -1.31. The van der Waals surface area contributed by atoms with E-state index in [-0.39, 0.29) is 24.2 Å². The minimum atomic E-state index is -3.86. The van der Waals surface area contributed by atoms with Crippen LogP contribution in [-0.4, -0.2) is 50.0 Å². The van der Waals surface area contributed by atoms with E-state index in [1.54, 1.807) is 24.3 Å². The van der Waals surface area contributed by atoms with Crippen molar-refractivity contribution in [2.45, 2.75) is 57.7 Å². The molecule has 7 nitrogen and oxygen atoms in total. The van der Waals surface area contributed by atoms with E-state index in [0.717, 1.165) is 53.9 Å². The predicted octanol–water partition coefficient (Wildman–Crippen LogP) is 4.11. The molecular weight excluding hydrogens is 493 g/mol. The molecule has 2 aromatic carbocycles. The van der Waals surface area contributed by atoms with Gasteiger partial charge < -0.3 is 10.2 Å². The van der Waals surface area contributed by atoms with Crippen molar-refractivity contribution in [1.29, 1.82) is 0 Å². The van der Waals surface area contributed by atoms with Crippen LogP contribution in [-0.2, 0) is 26.2 Å². The lowest BCUT2D eigenvalue weighted by Crippen LogP contribution is -2.53. The van der Waals surface area contributed by atoms with Gasteiger partial charge in [0.15, 0.2) is 0 Å². The molecular formula is C25H31ClFN3O4S. The zero-order chi connectivity index (χ0) is 25.6. The maximum Gasteiger partial charge on any atom is 0.244 e. The van der Waals surface area contributed by atoms with E-state index >= 15 is 0 Å². The Labute approximate surface area is 211 Å². The first-order chi connectivity index (χ1) is 16.6. The smallest absolute Gasteiger partial charge is 0.244 e. The Morgan fingerprint density at radius 1 is 1.09 bits per heavy atom. The van der Waals surface area contributed by atoms with Crippen molar-refractivity contribution < 1.29 is 22.4 Å². The van der Waals surface area contributed by atoms with Crippen molar-refractivity contribution in [3.8, 4) is 0 Å². The molecule has 0 unspecified atom stereocenters. The molecule has 1 aliphatic rings. The van der Waals surface area contributed by atoms with E-state index < -0.39 is 34.3 Å². The van der Waals surface area contributed by atoms with Crippen LogP contribution in [0.15, 0.2) is 48.5 Å². The van der Waals surface area contributed by atoms with Crippen LogP contribution in [0.5, 0.6) is 0 Å². The number of amides is 2. The third kappa shape index (κ3) is 7.41. The number of rotatable bonds is 10. The maximum absolute atomic E-state index is 13.6. The van der Waals surface area contributed by atoms with Gasteiger partial charge in [0.05, 0.1) is 11.9 Å². The zero-order valence-corrected chi connectivity index (χ0v) is 21.5. The van der Waals surface area contributed by atoms with Gasteiger partial charge in [0.1, 0.15) is 18.4 Å². The minimum Gasteiger partial charge on any atom is -0.352 e. The molecule has 1 N–H and O–H groups in total.